The molecule has 0 bridgehead atoms. The Balaban J connectivity index is 1.86. The summed E-state index contributed by atoms with van der Waals surface area (Å²) < 4.78 is 12.6. The molecular weight excluding hydrogens is 230 g/mol. The molecule has 4 rings (SSSR count). The summed E-state index contributed by atoms with van der Waals surface area (Å²) in [5, 5.41) is 4.43. The van der Waals surface area contributed by atoms with Crippen molar-refractivity contribution in [3.05, 3.63) is 29.5 Å². The number of hydrogen-bond donors (Lipinski definition) is 1. The molecule has 92 valence electrons. The number of nitrogens with zero attached hydrogens (tertiary/aromatic N) is 2. The summed E-state index contributed by atoms with van der Waals surface area (Å²) in [6.07, 6.45) is 3.22. The lowest BCUT2D eigenvalue weighted by Gasteiger charge is -2.06. The predicted molar refractivity (Wildman–Crippen MR) is 66.1 cm³/mol. The highest BCUT2D eigenvalue weighted by Gasteiger charge is 2.23. The Bertz CT molecular complexity index is 633. The van der Waals surface area contributed by atoms with Crippen molar-refractivity contribution in [3.63, 3.8) is 0 Å². The van der Waals surface area contributed by atoms with Crippen LogP contribution >= 0.6 is 0 Å². The molecule has 0 atom stereocenters. The van der Waals surface area contributed by atoms with Crippen molar-refractivity contribution in [2.24, 2.45) is 0 Å². The van der Waals surface area contributed by atoms with Crippen LogP contribution in [0.15, 0.2) is 18.2 Å². The summed E-state index contributed by atoms with van der Waals surface area (Å²) in [5.74, 6) is 2.21. The summed E-state index contributed by atoms with van der Waals surface area (Å²) in [4.78, 5) is 0. The zero-order valence-electron chi connectivity index (χ0n) is 9.85. The largest absolute Gasteiger partial charge is 0.454 e. The summed E-state index contributed by atoms with van der Waals surface area (Å²) in [5.41, 5.74) is 9.37. The van der Waals surface area contributed by atoms with Crippen molar-refractivity contribution in [3.8, 4) is 17.2 Å². The molecule has 0 saturated carbocycles. The Morgan fingerprint density at radius 3 is 3.00 bits per heavy atom. The first-order valence-corrected chi connectivity index (χ1v) is 6.09. The molecule has 2 aliphatic rings. The van der Waals surface area contributed by atoms with Crippen LogP contribution in [-0.4, -0.2) is 16.6 Å². The number of anilines is 1. The number of hydrogen-bond acceptors (Lipinski definition) is 4. The molecule has 2 heterocycles. The number of ether oxygens (including phenoxy) is 2. The average molecular weight is 243 g/mol. The van der Waals surface area contributed by atoms with E-state index in [1.165, 1.54) is 11.3 Å². The molecule has 0 unspecified atom stereocenters. The van der Waals surface area contributed by atoms with E-state index in [1.807, 2.05) is 22.9 Å². The number of benzene rings is 1. The first kappa shape index (κ1) is 9.82. The van der Waals surface area contributed by atoms with Crippen LogP contribution in [0.4, 0.5) is 5.82 Å². The lowest BCUT2D eigenvalue weighted by atomic mass is 10.2. The zero-order valence-corrected chi connectivity index (χ0v) is 9.85. The van der Waals surface area contributed by atoms with Crippen LogP contribution in [0.2, 0.25) is 0 Å². The summed E-state index contributed by atoms with van der Waals surface area (Å²) in [6.45, 7) is 0.290. The highest BCUT2D eigenvalue weighted by Crippen LogP contribution is 2.35. The van der Waals surface area contributed by atoms with E-state index in [1.54, 1.807) is 0 Å². The Hall–Kier alpha value is -2.17. The van der Waals surface area contributed by atoms with Crippen LogP contribution in [0.25, 0.3) is 5.69 Å². The first-order valence-electron chi connectivity index (χ1n) is 6.09. The van der Waals surface area contributed by atoms with E-state index in [9.17, 15) is 0 Å². The Kier molecular flexibility index (Phi) is 1.86. The lowest BCUT2D eigenvalue weighted by Crippen LogP contribution is -2.01. The van der Waals surface area contributed by atoms with Gasteiger partial charge in [-0.25, -0.2) is 4.68 Å². The van der Waals surface area contributed by atoms with Gasteiger partial charge in [-0.05, 0) is 31.4 Å². The maximum atomic E-state index is 5.95. The van der Waals surface area contributed by atoms with Crippen LogP contribution < -0.4 is 15.2 Å². The van der Waals surface area contributed by atoms with Gasteiger partial charge in [-0.15, -0.1) is 0 Å². The van der Waals surface area contributed by atoms with Crippen LogP contribution in [0.1, 0.15) is 17.7 Å². The molecule has 1 aliphatic heterocycles. The number of aromatic nitrogens is 2. The zero-order chi connectivity index (χ0) is 12.1. The van der Waals surface area contributed by atoms with Crippen LogP contribution in [0.3, 0.4) is 0 Å². The Morgan fingerprint density at radius 2 is 2.06 bits per heavy atom. The van der Waals surface area contributed by atoms with E-state index in [0.29, 0.717) is 5.82 Å². The molecule has 18 heavy (non-hydrogen) atoms. The second-order valence-electron chi connectivity index (χ2n) is 4.61. The summed E-state index contributed by atoms with van der Waals surface area (Å²) >= 11 is 0. The van der Waals surface area contributed by atoms with Crippen molar-refractivity contribution in [1.29, 1.82) is 0 Å². The quantitative estimate of drug-likeness (QED) is 0.827. The van der Waals surface area contributed by atoms with Gasteiger partial charge < -0.3 is 15.2 Å². The van der Waals surface area contributed by atoms with Gasteiger partial charge in [0.2, 0.25) is 6.79 Å². The lowest BCUT2D eigenvalue weighted by molar-refractivity contribution is 0.174. The molecule has 5 nitrogen and oxygen atoms in total. The highest BCUT2D eigenvalue weighted by molar-refractivity contribution is 5.53. The van der Waals surface area contributed by atoms with E-state index in [0.717, 1.165) is 36.4 Å². The fourth-order valence-electron chi connectivity index (χ4n) is 2.70. The minimum absolute atomic E-state index is 0.290. The molecule has 1 aromatic heterocycles. The minimum Gasteiger partial charge on any atom is -0.454 e. The fourth-order valence-corrected chi connectivity index (χ4v) is 2.70. The summed E-state index contributed by atoms with van der Waals surface area (Å²) in [7, 11) is 0. The molecule has 0 fully saturated rings. The molecule has 0 radical (unpaired) electrons. The van der Waals surface area contributed by atoms with E-state index >= 15 is 0 Å². The third-order valence-corrected chi connectivity index (χ3v) is 3.56. The van der Waals surface area contributed by atoms with Crippen LogP contribution in [-0.2, 0) is 12.8 Å². The molecule has 0 spiro atoms. The van der Waals surface area contributed by atoms with Gasteiger partial charge in [-0.1, -0.05) is 0 Å². The molecule has 5 heteroatoms. The van der Waals surface area contributed by atoms with Crippen molar-refractivity contribution < 1.29 is 9.47 Å². The van der Waals surface area contributed by atoms with Gasteiger partial charge in [-0.2, -0.15) is 5.10 Å². The van der Waals surface area contributed by atoms with E-state index in [2.05, 4.69) is 5.10 Å². The maximum absolute atomic E-state index is 5.95. The van der Waals surface area contributed by atoms with Gasteiger partial charge >= 0.3 is 0 Å². The normalized spacial score (nSPS) is 16.0. The molecule has 0 saturated heterocycles. The van der Waals surface area contributed by atoms with Gasteiger partial charge in [-0.3, -0.25) is 0 Å². The highest BCUT2D eigenvalue weighted by atomic mass is 16.7. The van der Waals surface area contributed by atoms with E-state index in [4.69, 9.17) is 15.2 Å². The van der Waals surface area contributed by atoms with Crippen molar-refractivity contribution in [2.75, 3.05) is 12.5 Å². The molecule has 1 aromatic carbocycles. The van der Waals surface area contributed by atoms with E-state index in [-0.39, 0.29) is 6.79 Å². The second-order valence-corrected chi connectivity index (χ2v) is 4.61. The number of nitrogens with two attached hydrogens (primary N) is 1. The predicted octanol–water partition coefficient (Wildman–Crippen LogP) is 1.67. The van der Waals surface area contributed by atoms with Crippen molar-refractivity contribution >= 4 is 5.82 Å². The third kappa shape index (κ3) is 1.24. The van der Waals surface area contributed by atoms with Crippen molar-refractivity contribution in [1.82, 2.24) is 9.78 Å². The molecule has 1 aliphatic carbocycles. The Morgan fingerprint density at radius 1 is 1.17 bits per heavy atom. The minimum atomic E-state index is 0.290. The SMILES string of the molecule is Nc1nn(-c2ccc3c(c2)OCO3)c2c1CCC2. The second kappa shape index (κ2) is 3.41. The molecular formula is C13H13N3O2. The van der Waals surface area contributed by atoms with Gasteiger partial charge in [0.15, 0.2) is 11.5 Å². The number of fused-ring (bicyclic) bond motifs is 2. The van der Waals surface area contributed by atoms with Gasteiger partial charge in [0.1, 0.15) is 5.82 Å². The molecule has 2 aromatic rings. The standard InChI is InChI=1S/C13H13N3O2/c14-13-9-2-1-3-10(9)16(15-13)8-4-5-11-12(6-8)18-7-17-11/h4-6H,1-3,7H2,(H2,14,15). The van der Waals surface area contributed by atoms with Gasteiger partial charge in [0.25, 0.3) is 0 Å². The first-order chi connectivity index (χ1) is 8.83. The van der Waals surface area contributed by atoms with Crippen molar-refractivity contribution in [2.45, 2.75) is 19.3 Å². The smallest absolute Gasteiger partial charge is 0.231 e. The van der Waals surface area contributed by atoms with Crippen LogP contribution in [0.5, 0.6) is 11.5 Å². The monoisotopic (exact) mass is 243 g/mol. The topological polar surface area (TPSA) is 62.3 Å². The maximum Gasteiger partial charge on any atom is 0.231 e. The number of rotatable bonds is 1. The van der Waals surface area contributed by atoms with Crippen LogP contribution in [0, 0.1) is 0 Å². The number of nitrogen functional groups attached to an aromatic ring is 1. The van der Waals surface area contributed by atoms with Gasteiger partial charge in [0.05, 0.1) is 5.69 Å². The third-order valence-electron chi connectivity index (χ3n) is 3.56. The average Bonchev–Trinajstić information content (AvgIpc) is 3.06. The fraction of sp³-hybridized carbons (Fsp3) is 0.308. The summed E-state index contributed by atoms with van der Waals surface area (Å²) in [6, 6.07) is 5.85. The van der Waals surface area contributed by atoms with Gasteiger partial charge in [0, 0.05) is 17.3 Å². The molecule has 0 amide bonds. The molecule has 2 N–H and O–H groups in total. The van der Waals surface area contributed by atoms with E-state index < -0.39 is 0 Å². The Labute approximate surface area is 104 Å².